The Labute approximate surface area is 112 Å². The molecule has 0 aromatic heterocycles. The van der Waals surface area contributed by atoms with Gasteiger partial charge in [-0.15, -0.1) is 0 Å². The van der Waals surface area contributed by atoms with Crippen LogP contribution in [0.2, 0.25) is 0 Å². The average molecular weight is 260 g/mol. The second-order valence-corrected chi connectivity index (χ2v) is 4.82. The highest BCUT2D eigenvalue weighted by molar-refractivity contribution is 5.33. The summed E-state index contributed by atoms with van der Waals surface area (Å²) in [7, 11) is 1.93. The molecule has 1 heterocycles. The van der Waals surface area contributed by atoms with Gasteiger partial charge in [0, 0.05) is 18.7 Å². The van der Waals surface area contributed by atoms with Crippen molar-refractivity contribution in [2.45, 2.75) is 25.5 Å². The molecule has 3 nitrogen and oxygen atoms in total. The molecule has 0 bridgehead atoms. The molecule has 19 heavy (non-hydrogen) atoms. The lowest BCUT2D eigenvalue weighted by atomic mass is 10.1. The molecular formula is C15H17FN2O. The molecule has 0 spiro atoms. The molecule has 2 rings (SSSR count). The SMILES string of the molecule is CN(Cc1cc(C#N)ccc1F)CC1CCC=CO1. The van der Waals surface area contributed by atoms with Crippen LogP contribution in [0.5, 0.6) is 0 Å². The average Bonchev–Trinajstić information content (AvgIpc) is 2.42. The Balaban J connectivity index is 1.96. The Bertz CT molecular complexity index is 507. The van der Waals surface area contributed by atoms with E-state index < -0.39 is 0 Å². The quantitative estimate of drug-likeness (QED) is 0.835. The van der Waals surface area contributed by atoms with Gasteiger partial charge in [-0.05, 0) is 44.2 Å². The number of hydrogen-bond donors (Lipinski definition) is 0. The van der Waals surface area contributed by atoms with E-state index in [-0.39, 0.29) is 11.9 Å². The Hall–Kier alpha value is -1.86. The molecule has 1 aliphatic heterocycles. The summed E-state index contributed by atoms with van der Waals surface area (Å²) in [5, 5.41) is 8.83. The fourth-order valence-electron chi connectivity index (χ4n) is 2.19. The molecule has 100 valence electrons. The predicted molar refractivity (Wildman–Crippen MR) is 70.7 cm³/mol. The molecule has 0 N–H and O–H groups in total. The van der Waals surface area contributed by atoms with Crippen molar-refractivity contribution in [3.05, 3.63) is 47.5 Å². The number of rotatable bonds is 4. The summed E-state index contributed by atoms with van der Waals surface area (Å²) in [6.07, 6.45) is 5.92. The van der Waals surface area contributed by atoms with Crippen LogP contribution in [-0.2, 0) is 11.3 Å². The van der Waals surface area contributed by atoms with E-state index in [1.54, 1.807) is 12.3 Å². The summed E-state index contributed by atoms with van der Waals surface area (Å²) in [6.45, 7) is 1.23. The van der Waals surface area contributed by atoms with Gasteiger partial charge < -0.3 is 4.74 Å². The van der Waals surface area contributed by atoms with Crippen LogP contribution in [0.15, 0.2) is 30.5 Å². The van der Waals surface area contributed by atoms with E-state index in [0.717, 1.165) is 19.4 Å². The molecule has 0 radical (unpaired) electrons. The fraction of sp³-hybridized carbons (Fsp3) is 0.400. The van der Waals surface area contributed by atoms with Crippen LogP contribution in [0.4, 0.5) is 4.39 Å². The number of nitrogens with zero attached hydrogens (tertiary/aromatic N) is 2. The molecule has 0 aliphatic carbocycles. The Morgan fingerprint density at radius 1 is 1.53 bits per heavy atom. The van der Waals surface area contributed by atoms with Crippen molar-refractivity contribution in [1.29, 1.82) is 5.26 Å². The monoisotopic (exact) mass is 260 g/mol. The van der Waals surface area contributed by atoms with E-state index >= 15 is 0 Å². The molecule has 0 amide bonds. The first-order chi connectivity index (χ1) is 9.19. The lowest BCUT2D eigenvalue weighted by Crippen LogP contribution is -2.31. The first-order valence-electron chi connectivity index (χ1n) is 6.36. The van der Waals surface area contributed by atoms with Crippen molar-refractivity contribution in [1.82, 2.24) is 4.90 Å². The Morgan fingerprint density at radius 3 is 3.05 bits per heavy atom. The Morgan fingerprint density at radius 2 is 2.37 bits per heavy atom. The smallest absolute Gasteiger partial charge is 0.127 e. The van der Waals surface area contributed by atoms with Crippen LogP contribution >= 0.6 is 0 Å². The molecule has 4 heteroatoms. The number of nitriles is 1. The summed E-state index contributed by atoms with van der Waals surface area (Å²) in [5.41, 5.74) is 1.04. The van der Waals surface area contributed by atoms with Gasteiger partial charge in [0.1, 0.15) is 11.9 Å². The number of halogens is 1. The van der Waals surface area contributed by atoms with E-state index in [9.17, 15) is 4.39 Å². The van der Waals surface area contributed by atoms with Crippen molar-refractivity contribution in [3.8, 4) is 6.07 Å². The molecule has 1 aromatic rings. The Kier molecular flexibility index (Phi) is 4.53. The zero-order chi connectivity index (χ0) is 13.7. The molecule has 1 aromatic carbocycles. The van der Waals surface area contributed by atoms with Crippen LogP contribution in [0.25, 0.3) is 0 Å². The van der Waals surface area contributed by atoms with Crippen molar-refractivity contribution in [3.63, 3.8) is 0 Å². The molecular weight excluding hydrogens is 243 g/mol. The van der Waals surface area contributed by atoms with E-state index in [2.05, 4.69) is 0 Å². The van der Waals surface area contributed by atoms with Crippen molar-refractivity contribution in [2.75, 3.05) is 13.6 Å². The number of benzene rings is 1. The predicted octanol–water partition coefficient (Wildman–Crippen LogP) is 2.82. The normalized spacial score (nSPS) is 18.1. The zero-order valence-electron chi connectivity index (χ0n) is 11.0. The third kappa shape index (κ3) is 3.80. The van der Waals surface area contributed by atoms with Crippen molar-refractivity contribution >= 4 is 0 Å². The molecule has 1 atom stereocenters. The van der Waals surface area contributed by atoms with Gasteiger partial charge in [0.2, 0.25) is 0 Å². The van der Waals surface area contributed by atoms with E-state index in [1.165, 1.54) is 12.1 Å². The van der Waals surface area contributed by atoms with Gasteiger partial charge >= 0.3 is 0 Å². The van der Waals surface area contributed by atoms with Gasteiger partial charge in [0.05, 0.1) is 17.9 Å². The van der Waals surface area contributed by atoms with E-state index in [1.807, 2.05) is 24.1 Å². The summed E-state index contributed by atoms with van der Waals surface area (Å²) < 4.78 is 19.2. The van der Waals surface area contributed by atoms with Crippen LogP contribution in [0.1, 0.15) is 24.0 Å². The minimum atomic E-state index is -0.268. The lowest BCUT2D eigenvalue weighted by Gasteiger charge is -2.25. The van der Waals surface area contributed by atoms with Gasteiger partial charge in [-0.25, -0.2) is 4.39 Å². The third-order valence-corrected chi connectivity index (χ3v) is 3.15. The minimum absolute atomic E-state index is 0.164. The minimum Gasteiger partial charge on any atom is -0.497 e. The molecule has 1 aliphatic rings. The van der Waals surface area contributed by atoms with E-state index in [0.29, 0.717) is 17.7 Å². The summed E-state index contributed by atoms with van der Waals surface area (Å²) >= 11 is 0. The van der Waals surface area contributed by atoms with Crippen molar-refractivity contribution < 1.29 is 9.13 Å². The standard InChI is InChI=1S/C15H17FN2O/c1-18(11-14-4-2-3-7-19-14)10-13-8-12(9-17)5-6-15(13)16/h3,5-8,14H,2,4,10-11H2,1H3. The first-order valence-corrected chi connectivity index (χ1v) is 6.36. The molecule has 0 saturated carbocycles. The third-order valence-electron chi connectivity index (χ3n) is 3.15. The van der Waals surface area contributed by atoms with Gasteiger partial charge in [-0.3, -0.25) is 4.90 Å². The maximum absolute atomic E-state index is 13.7. The molecule has 0 saturated heterocycles. The first kappa shape index (κ1) is 13.6. The van der Waals surface area contributed by atoms with Gasteiger partial charge in [0.15, 0.2) is 0 Å². The molecule has 1 unspecified atom stereocenters. The summed E-state index contributed by atoms with van der Waals surface area (Å²) in [5.74, 6) is -0.268. The van der Waals surface area contributed by atoms with Gasteiger partial charge in [-0.2, -0.15) is 5.26 Å². The number of hydrogen-bond acceptors (Lipinski definition) is 3. The van der Waals surface area contributed by atoms with Crippen LogP contribution in [0.3, 0.4) is 0 Å². The lowest BCUT2D eigenvalue weighted by molar-refractivity contribution is 0.0856. The van der Waals surface area contributed by atoms with Gasteiger partial charge in [0.25, 0.3) is 0 Å². The molecule has 0 fully saturated rings. The number of likely N-dealkylation sites (N-methyl/N-ethyl adjacent to an activating group) is 1. The number of ether oxygens (including phenoxy) is 1. The second-order valence-electron chi connectivity index (χ2n) is 4.82. The highest BCUT2D eigenvalue weighted by Crippen LogP contribution is 2.15. The van der Waals surface area contributed by atoms with E-state index in [4.69, 9.17) is 10.00 Å². The van der Waals surface area contributed by atoms with Crippen LogP contribution in [0, 0.1) is 17.1 Å². The topological polar surface area (TPSA) is 36.3 Å². The fourth-order valence-corrected chi connectivity index (χ4v) is 2.19. The van der Waals surface area contributed by atoms with Crippen LogP contribution in [-0.4, -0.2) is 24.6 Å². The van der Waals surface area contributed by atoms with Crippen molar-refractivity contribution in [2.24, 2.45) is 0 Å². The summed E-state index contributed by atoms with van der Waals surface area (Å²) in [6, 6.07) is 6.48. The second kappa shape index (κ2) is 6.35. The largest absolute Gasteiger partial charge is 0.497 e. The zero-order valence-corrected chi connectivity index (χ0v) is 11.0. The van der Waals surface area contributed by atoms with Gasteiger partial charge in [-0.1, -0.05) is 0 Å². The number of allylic oxidation sites excluding steroid dienone is 1. The highest BCUT2D eigenvalue weighted by atomic mass is 19.1. The maximum atomic E-state index is 13.7. The highest BCUT2D eigenvalue weighted by Gasteiger charge is 2.15. The maximum Gasteiger partial charge on any atom is 0.127 e. The summed E-state index contributed by atoms with van der Waals surface area (Å²) in [4.78, 5) is 2.02. The van der Waals surface area contributed by atoms with Crippen LogP contribution < -0.4 is 0 Å².